The molecule has 0 unspecified atom stereocenters. The molecule has 1 N–H and O–H groups in total. The van der Waals surface area contributed by atoms with Crippen molar-refractivity contribution in [3.05, 3.63) is 29.3 Å². The predicted molar refractivity (Wildman–Crippen MR) is 70.8 cm³/mol. The van der Waals surface area contributed by atoms with E-state index < -0.39 is 5.97 Å². The van der Waals surface area contributed by atoms with Gasteiger partial charge in [-0.25, -0.2) is 0 Å². The minimum Gasteiger partial charge on any atom is -0.481 e. The van der Waals surface area contributed by atoms with E-state index in [9.17, 15) is 9.59 Å². The van der Waals surface area contributed by atoms with Crippen LogP contribution < -0.4 is 4.90 Å². The van der Waals surface area contributed by atoms with Crippen LogP contribution in [0.3, 0.4) is 0 Å². The second kappa shape index (κ2) is 6.19. The monoisotopic (exact) mass is 249 g/mol. The molecule has 0 saturated carbocycles. The van der Waals surface area contributed by atoms with Gasteiger partial charge in [-0.05, 0) is 31.9 Å². The Morgan fingerprint density at radius 2 is 1.89 bits per heavy atom. The van der Waals surface area contributed by atoms with E-state index in [1.165, 1.54) is 0 Å². The third-order valence-electron chi connectivity index (χ3n) is 2.87. The molecule has 4 nitrogen and oxygen atoms in total. The fourth-order valence-electron chi connectivity index (χ4n) is 1.87. The molecule has 98 valence electrons. The van der Waals surface area contributed by atoms with E-state index in [1.54, 1.807) is 11.9 Å². The Hall–Kier alpha value is -1.84. The van der Waals surface area contributed by atoms with Crippen LogP contribution in [0.15, 0.2) is 18.2 Å². The van der Waals surface area contributed by atoms with E-state index in [0.29, 0.717) is 6.42 Å². The Balaban J connectivity index is 2.65. The molecule has 0 bridgehead atoms. The van der Waals surface area contributed by atoms with Gasteiger partial charge in [0.15, 0.2) is 0 Å². The van der Waals surface area contributed by atoms with Gasteiger partial charge in [-0.3, -0.25) is 9.59 Å². The molecule has 0 aromatic heterocycles. The second-order valence-electron chi connectivity index (χ2n) is 4.49. The highest BCUT2D eigenvalue weighted by Gasteiger charge is 2.13. The van der Waals surface area contributed by atoms with Crippen LogP contribution in [0.25, 0.3) is 0 Å². The number of benzene rings is 1. The molecular formula is C14H19NO3. The number of carboxylic acids is 1. The van der Waals surface area contributed by atoms with Crippen LogP contribution in [-0.2, 0) is 9.59 Å². The van der Waals surface area contributed by atoms with Crippen molar-refractivity contribution in [2.45, 2.75) is 33.1 Å². The molecule has 1 rings (SSSR count). The molecule has 0 atom stereocenters. The van der Waals surface area contributed by atoms with Crippen molar-refractivity contribution in [3.63, 3.8) is 0 Å². The lowest BCUT2D eigenvalue weighted by molar-refractivity contribution is -0.137. The number of carbonyl (C=O) groups is 2. The molecule has 1 aromatic carbocycles. The number of hydrogen-bond acceptors (Lipinski definition) is 2. The molecule has 18 heavy (non-hydrogen) atoms. The average molecular weight is 249 g/mol. The second-order valence-corrected chi connectivity index (χ2v) is 4.49. The number of carbonyl (C=O) groups excluding carboxylic acids is 1. The highest BCUT2D eigenvalue weighted by atomic mass is 16.4. The Kier molecular flexibility index (Phi) is 4.89. The standard InChI is InChI=1S/C14H19NO3/c1-10-7-8-12(11(2)9-10)15(3)13(16)5-4-6-14(17)18/h7-9H,4-6H2,1-3H3,(H,17,18). The first-order valence-corrected chi connectivity index (χ1v) is 5.97. The molecule has 1 aromatic rings. The average Bonchev–Trinajstić information content (AvgIpc) is 2.27. The summed E-state index contributed by atoms with van der Waals surface area (Å²) in [6.45, 7) is 3.97. The van der Waals surface area contributed by atoms with Gasteiger partial charge in [-0.1, -0.05) is 17.7 Å². The van der Waals surface area contributed by atoms with Crippen molar-refractivity contribution >= 4 is 17.6 Å². The van der Waals surface area contributed by atoms with Crippen molar-refractivity contribution in [2.75, 3.05) is 11.9 Å². The SMILES string of the molecule is Cc1ccc(N(C)C(=O)CCCC(=O)O)c(C)c1. The summed E-state index contributed by atoms with van der Waals surface area (Å²) >= 11 is 0. The van der Waals surface area contributed by atoms with Crippen LogP contribution in [0, 0.1) is 13.8 Å². The van der Waals surface area contributed by atoms with E-state index in [1.807, 2.05) is 32.0 Å². The van der Waals surface area contributed by atoms with Crippen molar-refractivity contribution in [2.24, 2.45) is 0 Å². The third-order valence-corrected chi connectivity index (χ3v) is 2.87. The number of anilines is 1. The van der Waals surface area contributed by atoms with E-state index in [2.05, 4.69) is 0 Å². The van der Waals surface area contributed by atoms with Gasteiger partial charge < -0.3 is 10.0 Å². The van der Waals surface area contributed by atoms with Crippen LogP contribution in [0.1, 0.15) is 30.4 Å². The summed E-state index contributed by atoms with van der Waals surface area (Å²) in [5.41, 5.74) is 3.08. The molecular weight excluding hydrogens is 230 g/mol. The van der Waals surface area contributed by atoms with Gasteiger partial charge >= 0.3 is 5.97 Å². The van der Waals surface area contributed by atoms with Gasteiger partial charge in [0.05, 0.1) is 0 Å². The zero-order valence-electron chi connectivity index (χ0n) is 11.1. The van der Waals surface area contributed by atoms with Crippen molar-refractivity contribution in [3.8, 4) is 0 Å². The fraction of sp³-hybridized carbons (Fsp3) is 0.429. The largest absolute Gasteiger partial charge is 0.481 e. The summed E-state index contributed by atoms with van der Waals surface area (Å²) in [7, 11) is 1.72. The number of hydrogen-bond donors (Lipinski definition) is 1. The molecule has 0 saturated heterocycles. The minimum absolute atomic E-state index is 0.0342. The lowest BCUT2D eigenvalue weighted by Gasteiger charge is -2.19. The Bertz CT molecular complexity index is 454. The summed E-state index contributed by atoms with van der Waals surface area (Å²) in [6.07, 6.45) is 0.673. The lowest BCUT2D eigenvalue weighted by atomic mass is 10.1. The maximum Gasteiger partial charge on any atom is 0.303 e. The van der Waals surface area contributed by atoms with Gasteiger partial charge in [0.25, 0.3) is 0 Å². The number of rotatable bonds is 5. The van der Waals surface area contributed by atoms with Crippen LogP contribution >= 0.6 is 0 Å². The quantitative estimate of drug-likeness (QED) is 0.872. The summed E-state index contributed by atoms with van der Waals surface area (Å²) < 4.78 is 0. The van der Waals surface area contributed by atoms with Crippen molar-refractivity contribution in [1.29, 1.82) is 0 Å². The van der Waals surface area contributed by atoms with Crippen LogP contribution in [-0.4, -0.2) is 24.0 Å². The van der Waals surface area contributed by atoms with Crippen molar-refractivity contribution < 1.29 is 14.7 Å². The van der Waals surface area contributed by atoms with Gasteiger partial charge in [0.1, 0.15) is 0 Å². The lowest BCUT2D eigenvalue weighted by Crippen LogP contribution is -2.26. The number of amides is 1. The summed E-state index contributed by atoms with van der Waals surface area (Å²) in [6, 6.07) is 5.90. The molecule has 0 heterocycles. The van der Waals surface area contributed by atoms with Gasteiger partial charge in [-0.2, -0.15) is 0 Å². The highest BCUT2D eigenvalue weighted by molar-refractivity contribution is 5.93. The molecule has 0 aliphatic heterocycles. The first-order valence-electron chi connectivity index (χ1n) is 5.97. The van der Waals surface area contributed by atoms with Gasteiger partial charge in [-0.15, -0.1) is 0 Å². The Morgan fingerprint density at radius 1 is 1.22 bits per heavy atom. The maximum absolute atomic E-state index is 11.9. The van der Waals surface area contributed by atoms with Crippen LogP contribution in [0.5, 0.6) is 0 Å². The summed E-state index contributed by atoms with van der Waals surface area (Å²) in [4.78, 5) is 23.9. The number of nitrogens with zero attached hydrogens (tertiary/aromatic N) is 1. The van der Waals surface area contributed by atoms with Gasteiger partial charge in [0, 0.05) is 25.6 Å². The van der Waals surface area contributed by atoms with E-state index in [4.69, 9.17) is 5.11 Å². The third kappa shape index (κ3) is 3.87. The van der Waals surface area contributed by atoms with Gasteiger partial charge in [0.2, 0.25) is 5.91 Å². The summed E-state index contributed by atoms with van der Waals surface area (Å²) in [5.74, 6) is -0.917. The smallest absolute Gasteiger partial charge is 0.303 e. The minimum atomic E-state index is -0.864. The molecule has 0 aliphatic carbocycles. The highest BCUT2D eigenvalue weighted by Crippen LogP contribution is 2.20. The van der Waals surface area contributed by atoms with Crippen LogP contribution in [0.2, 0.25) is 0 Å². The van der Waals surface area contributed by atoms with E-state index in [0.717, 1.165) is 16.8 Å². The zero-order valence-corrected chi connectivity index (χ0v) is 11.1. The number of aliphatic carboxylic acids is 1. The molecule has 1 amide bonds. The predicted octanol–water partition coefficient (Wildman–Crippen LogP) is 2.52. The zero-order chi connectivity index (χ0) is 13.7. The molecule has 0 aliphatic rings. The number of carboxylic acid groups (broad SMARTS) is 1. The Morgan fingerprint density at radius 3 is 2.44 bits per heavy atom. The van der Waals surface area contributed by atoms with Crippen LogP contribution in [0.4, 0.5) is 5.69 Å². The molecule has 0 fully saturated rings. The number of aryl methyl sites for hydroxylation is 2. The van der Waals surface area contributed by atoms with E-state index >= 15 is 0 Å². The maximum atomic E-state index is 11.9. The van der Waals surface area contributed by atoms with Crippen molar-refractivity contribution in [1.82, 2.24) is 0 Å². The Labute approximate surface area is 107 Å². The molecule has 0 spiro atoms. The topological polar surface area (TPSA) is 57.6 Å². The fourth-order valence-corrected chi connectivity index (χ4v) is 1.87. The molecule has 4 heteroatoms. The summed E-state index contributed by atoms with van der Waals surface area (Å²) in [5, 5.41) is 8.53. The normalized spacial score (nSPS) is 10.2. The molecule has 0 radical (unpaired) electrons. The first kappa shape index (κ1) is 14.2. The van der Waals surface area contributed by atoms with E-state index in [-0.39, 0.29) is 18.7 Å². The first-order chi connectivity index (χ1) is 8.41.